The van der Waals surface area contributed by atoms with Gasteiger partial charge in [0.2, 0.25) is 0 Å². The minimum absolute atomic E-state index is 0.151. The van der Waals surface area contributed by atoms with Crippen LogP contribution < -0.4 is 10.2 Å². The smallest absolute Gasteiger partial charge is 0.352 e. The summed E-state index contributed by atoms with van der Waals surface area (Å²) < 4.78 is 6.35. The second-order valence-electron chi connectivity index (χ2n) is 4.53. The number of methoxy groups -OCH3 is 1. The number of rotatable bonds is 5. The van der Waals surface area contributed by atoms with Crippen molar-refractivity contribution in [3.63, 3.8) is 0 Å². The van der Waals surface area contributed by atoms with Crippen molar-refractivity contribution in [3.05, 3.63) is 40.2 Å². The number of carbonyl (C=O) groups is 1. The molecule has 3 N–H and O–H groups in total. The summed E-state index contributed by atoms with van der Waals surface area (Å²) in [5.41, 5.74) is -0.361. The molecule has 1 unspecified atom stereocenters. The van der Waals surface area contributed by atoms with E-state index in [-0.39, 0.29) is 12.2 Å². The number of carboxylic acids is 1. The standard InChI is InChI=1S/C14H15NO6/c1-21-9-2-3-10-11(4-9)15(6-8(17)7-16)12(14(19)20)5-13(10)18/h2-5,8,16-17H,6-7H2,1H3,(H,19,20). The SMILES string of the molecule is COc1ccc2c(=O)cc(C(=O)O)n(CC(O)CO)c2c1. The lowest BCUT2D eigenvalue weighted by Gasteiger charge is -2.17. The second kappa shape index (κ2) is 5.94. The van der Waals surface area contributed by atoms with Gasteiger partial charge >= 0.3 is 5.97 Å². The Morgan fingerprint density at radius 2 is 2.10 bits per heavy atom. The highest BCUT2D eigenvalue weighted by atomic mass is 16.5. The van der Waals surface area contributed by atoms with Gasteiger partial charge in [-0.15, -0.1) is 0 Å². The first-order valence-corrected chi connectivity index (χ1v) is 6.21. The first-order valence-electron chi connectivity index (χ1n) is 6.21. The maximum atomic E-state index is 12.0. The van der Waals surface area contributed by atoms with Crippen LogP contribution in [-0.4, -0.2) is 45.7 Å². The van der Waals surface area contributed by atoms with E-state index in [1.54, 1.807) is 6.07 Å². The van der Waals surface area contributed by atoms with Crippen LogP contribution in [-0.2, 0) is 6.54 Å². The number of fused-ring (bicyclic) bond motifs is 1. The number of aromatic carboxylic acids is 1. The van der Waals surface area contributed by atoms with Crippen LogP contribution in [0.15, 0.2) is 29.1 Å². The summed E-state index contributed by atoms with van der Waals surface area (Å²) in [6, 6.07) is 5.65. The lowest BCUT2D eigenvalue weighted by molar-refractivity contribution is 0.0656. The molecule has 0 bridgehead atoms. The largest absolute Gasteiger partial charge is 0.497 e. The molecule has 21 heavy (non-hydrogen) atoms. The van der Waals surface area contributed by atoms with Crippen LogP contribution in [0.2, 0.25) is 0 Å². The van der Waals surface area contributed by atoms with E-state index in [1.165, 1.54) is 23.8 Å². The molecule has 0 saturated heterocycles. The van der Waals surface area contributed by atoms with Gasteiger partial charge < -0.3 is 24.6 Å². The summed E-state index contributed by atoms with van der Waals surface area (Å²) in [6.45, 7) is -0.668. The number of aromatic nitrogens is 1. The fourth-order valence-corrected chi connectivity index (χ4v) is 2.12. The van der Waals surface area contributed by atoms with Gasteiger partial charge in [0.25, 0.3) is 0 Å². The molecule has 1 heterocycles. The average molecular weight is 293 g/mol. The number of nitrogens with zero attached hydrogens (tertiary/aromatic N) is 1. The number of hydrogen-bond donors (Lipinski definition) is 3. The van der Waals surface area contributed by atoms with Crippen LogP contribution in [0.1, 0.15) is 10.5 Å². The highest BCUT2D eigenvalue weighted by Crippen LogP contribution is 2.20. The number of pyridine rings is 1. The van der Waals surface area contributed by atoms with Gasteiger partial charge in [-0.2, -0.15) is 0 Å². The zero-order valence-electron chi connectivity index (χ0n) is 11.3. The van der Waals surface area contributed by atoms with Crippen LogP contribution in [0.5, 0.6) is 5.75 Å². The van der Waals surface area contributed by atoms with Crippen LogP contribution >= 0.6 is 0 Å². The van der Waals surface area contributed by atoms with Crippen molar-refractivity contribution in [2.75, 3.05) is 13.7 Å². The quantitative estimate of drug-likeness (QED) is 0.719. The highest BCUT2D eigenvalue weighted by Gasteiger charge is 2.17. The monoisotopic (exact) mass is 293 g/mol. The minimum atomic E-state index is -1.29. The Morgan fingerprint density at radius 3 is 2.67 bits per heavy atom. The first kappa shape index (κ1) is 15.0. The Labute approximate surface area is 119 Å². The van der Waals surface area contributed by atoms with Crippen molar-refractivity contribution in [1.29, 1.82) is 0 Å². The van der Waals surface area contributed by atoms with Crippen LogP contribution in [0.25, 0.3) is 10.9 Å². The van der Waals surface area contributed by atoms with E-state index in [1.807, 2.05) is 0 Å². The van der Waals surface area contributed by atoms with Crippen molar-refractivity contribution in [3.8, 4) is 5.75 Å². The number of hydrogen-bond acceptors (Lipinski definition) is 5. The van der Waals surface area contributed by atoms with Gasteiger partial charge in [0.15, 0.2) is 5.43 Å². The van der Waals surface area contributed by atoms with Gasteiger partial charge in [-0.05, 0) is 12.1 Å². The molecule has 0 saturated carbocycles. The molecule has 112 valence electrons. The molecule has 0 aliphatic carbocycles. The van der Waals surface area contributed by atoms with Gasteiger partial charge in [0.1, 0.15) is 11.4 Å². The van der Waals surface area contributed by atoms with Gasteiger partial charge in [-0.25, -0.2) is 4.79 Å². The fraction of sp³-hybridized carbons (Fsp3) is 0.286. The topological polar surface area (TPSA) is 109 Å². The van der Waals surface area contributed by atoms with E-state index in [0.717, 1.165) is 6.07 Å². The third-order valence-electron chi connectivity index (χ3n) is 3.14. The molecule has 2 aromatic rings. The predicted octanol–water partition coefficient (Wildman–Crippen LogP) is 0.0615. The van der Waals surface area contributed by atoms with Crippen LogP contribution in [0.4, 0.5) is 0 Å². The van der Waals surface area contributed by atoms with Gasteiger partial charge in [-0.1, -0.05) is 0 Å². The third kappa shape index (κ3) is 2.88. The van der Waals surface area contributed by atoms with E-state index in [9.17, 15) is 19.8 Å². The van der Waals surface area contributed by atoms with Crippen molar-refractivity contribution >= 4 is 16.9 Å². The van der Waals surface area contributed by atoms with E-state index in [4.69, 9.17) is 9.84 Å². The second-order valence-corrected chi connectivity index (χ2v) is 4.53. The molecule has 7 heteroatoms. The zero-order chi connectivity index (χ0) is 15.6. The molecule has 1 aromatic carbocycles. The molecular weight excluding hydrogens is 278 g/mol. The summed E-state index contributed by atoms with van der Waals surface area (Å²) in [5.74, 6) is -0.835. The van der Waals surface area contributed by atoms with Crippen molar-refractivity contribution in [2.45, 2.75) is 12.6 Å². The molecule has 0 fully saturated rings. The molecule has 1 atom stereocenters. The third-order valence-corrected chi connectivity index (χ3v) is 3.14. The van der Waals surface area contributed by atoms with Crippen molar-refractivity contribution < 1.29 is 24.9 Å². The van der Waals surface area contributed by atoms with Crippen molar-refractivity contribution in [2.24, 2.45) is 0 Å². The Bertz CT molecular complexity index is 736. The Balaban J connectivity index is 2.79. The molecule has 7 nitrogen and oxygen atoms in total. The molecular formula is C14H15NO6. The number of benzene rings is 1. The molecule has 1 aromatic heterocycles. The molecule has 0 aliphatic rings. The first-order chi connectivity index (χ1) is 9.97. The summed E-state index contributed by atoms with van der Waals surface area (Å²) in [4.78, 5) is 23.3. The Hall–Kier alpha value is -2.38. The zero-order valence-corrected chi connectivity index (χ0v) is 11.3. The maximum Gasteiger partial charge on any atom is 0.352 e. The van der Waals surface area contributed by atoms with Gasteiger partial charge in [0, 0.05) is 17.5 Å². The van der Waals surface area contributed by atoms with Crippen LogP contribution in [0, 0.1) is 0 Å². The number of carboxylic acid groups (broad SMARTS) is 1. The average Bonchev–Trinajstić information content (AvgIpc) is 2.48. The normalized spacial score (nSPS) is 12.3. The Kier molecular flexibility index (Phi) is 4.25. The molecule has 0 amide bonds. The number of aliphatic hydroxyl groups excluding tert-OH is 2. The van der Waals surface area contributed by atoms with E-state index in [2.05, 4.69) is 0 Å². The summed E-state index contributed by atoms with van der Waals surface area (Å²) >= 11 is 0. The number of aliphatic hydroxyl groups is 2. The van der Waals surface area contributed by atoms with E-state index >= 15 is 0 Å². The summed E-state index contributed by atoms with van der Waals surface area (Å²) in [5, 5.41) is 28.1. The van der Waals surface area contributed by atoms with E-state index in [0.29, 0.717) is 16.7 Å². The summed E-state index contributed by atoms with van der Waals surface area (Å²) in [7, 11) is 1.45. The lowest BCUT2D eigenvalue weighted by atomic mass is 10.1. The minimum Gasteiger partial charge on any atom is -0.497 e. The maximum absolute atomic E-state index is 12.0. The molecule has 0 radical (unpaired) electrons. The van der Waals surface area contributed by atoms with Crippen LogP contribution in [0.3, 0.4) is 0 Å². The Morgan fingerprint density at radius 1 is 1.38 bits per heavy atom. The number of ether oxygens (including phenoxy) is 1. The molecule has 2 rings (SSSR count). The lowest BCUT2D eigenvalue weighted by Crippen LogP contribution is -2.26. The van der Waals surface area contributed by atoms with E-state index < -0.39 is 24.1 Å². The van der Waals surface area contributed by atoms with Gasteiger partial charge in [0.05, 0.1) is 31.9 Å². The van der Waals surface area contributed by atoms with Crippen molar-refractivity contribution in [1.82, 2.24) is 4.57 Å². The summed E-state index contributed by atoms with van der Waals surface area (Å²) in [6.07, 6.45) is -1.14. The molecule has 0 aliphatic heterocycles. The highest BCUT2D eigenvalue weighted by molar-refractivity contribution is 5.91. The van der Waals surface area contributed by atoms with Gasteiger partial charge in [-0.3, -0.25) is 4.79 Å². The molecule has 0 spiro atoms. The fourth-order valence-electron chi connectivity index (χ4n) is 2.12. The predicted molar refractivity (Wildman–Crippen MR) is 74.8 cm³/mol.